The van der Waals surface area contributed by atoms with Gasteiger partial charge in [0.2, 0.25) is 0 Å². The maximum atomic E-state index is 10.9. The predicted molar refractivity (Wildman–Crippen MR) is 69.4 cm³/mol. The van der Waals surface area contributed by atoms with Gasteiger partial charge in [0.05, 0.1) is 12.7 Å². The van der Waals surface area contributed by atoms with Crippen LogP contribution in [0, 0.1) is 0 Å². The molecular weight excluding hydrogens is 236 g/mol. The molecule has 0 amide bonds. The zero-order valence-electron chi connectivity index (χ0n) is 9.85. The Morgan fingerprint density at radius 1 is 1.35 bits per heavy atom. The van der Waals surface area contributed by atoms with Crippen molar-refractivity contribution >= 4 is 18.0 Å². The number of benzene rings is 1. The van der Waals surface area contributed by atoms with Gasteiger partial charge in [-0.1, -0.05) is 6.07 Å². The second-order valence-corrected chi connectivity index (χ2v) is 5.15. The molecule has 1 aliphatic heterocycles. The highest BCUT2D eigenvalue weighted by atomic mass is 32.2. The van der Waals surface area contributed by atoms with Crippen LogP contribution in [0.2, 0.25) is 0 Å². The van der Waals surface area contributed by atoms with Gasteiger partial charge >= 0.3 is 0 Å². The van der Waals surface area contributed by atoms with Crippen molar-refractivity contribution < 1.29 is 14.3 Å². The third-order valence-corrected chi connectivity index (χ3v) is 3.85. The fraction of sp³-hybridized carbons (Fsp3) is 0.462. The second-order valence-electron chi connectivity index (χ2n) is 3.93. The van der Waals surface area contributed by atoms with E-state index in [-0.39, 0.29) is 6.10 Å². The van der Waals surface area contributed by atoms with E-state index in [2.05, 4.69) is 0 Å². The van der Waals surface area contributed by atoms with Crippen molar-refractivity contribution in [2.45, 2.75) is 18.9 Å². The normalized spacial score (nSPS) is 16.5. The molecule has 1 heterocycles. The summed E-state index contributed by atoms with van der Waals surface area (Å²) in [7, 11) is 1.56. The summed E-state index contributed by atoms with van der Waals surface area (Å²) in [6, 6.07) is 5.40. The summed E-state index contributed by atoms with van der Waals surface area (Å²) >= 11 is 1.96. The first-order valence-corrected chi connectivity index (χ1v) is 6.87. The molecular formula is C13H16O3S. The number of methoxy groups -OCH3 is 1. The van der Waals surface area contributed by atoms with E-state index in [1.54, 1.807) is 13.2 Å². The monoisotopic (exact) mass is 252 g/mol. The Morgan fingerprint density at radius 2 is 2.12 bits per heavy atom. The Hall–Kier alpha value is -1.16. The van der Waals surface area contributed by atoms with Crippen LogP contribution in [0.4, 0.5) is 0 Å². The Bertz CT molecular complexity index is 386. The number of hydrogen-bond acceptors (Lipinski definition) is 4. The SMILES string of the molecule is COc1c(C=O)cccc1OC1CCSCC1. The molecule has 0 saturated carbocycles. The van der Waals surface area contributed by atoms with Crippen molar-refractivity contribution in [2.75, 3.05) is 18.6 Å². The molecule has 4 heteroatoms. The van der Waals surface area contributed by atoms with Gasteiger partial charge in [-0.15, -0.1) is 0 Å². The molecule has 1 aromatic carbocycles. The van der Waals surface area contributed by atoms with Crippen LogP contribution in [-0.2, 0) is 0 Å². The van der Waals surface area contributed by atoms with Crippen molar-refractivity contribution in [1.82, 2.24) is 0 Å². The van der Waals surface area contributed by atoms with E-state index in [1.807, 2.05) is 23.9 Å². The van der Waals surface area contributed by atoms with Crippen LogP contribution < -0.4 is 9.47 Å². The molecule has 0 unspecified atom stereocenters. The van der Waals surface area contributed by atoms with Crippen LogP contribution in [0.3, 0.4) is 0 Å². The van der Waals surface area contributed by atoms with Crippen LogP contribution >= 0.6 is 11.8 Å². The topological polar surface area (TPSA) is 35.5 Å². The van der Waals surface area contributed by atoms with E-state index in [0.717, 1.165) is 30.6 Å². The summed E-state index contributed by atoms with van der Waals surface area (Å²) in [6.07, 6.45) is 3.15. The maximum absolute atomic E-state index is 10.9. The summed E-state index contributed by atoms with van der Waals surface area (Å²) in [4.78, 5) is 10.9. The minimum absolute atomic E-state index is 0.243. The third kappa shape index (κ3) is 2.94. The van der Waals surface area contributed by atoms with Crippen molar-refractivity contribution in [3.8, 4) is 11.5 Å². The highest BCUT2D eigenvalue weighted by molar-refractivity contribution is 7.99. The van der Waals surface area contributed by atoms with E-state index in [4.69, 9.17) is 9.47 Å². The first-order chi connectivity index (χ1) is 8.35. The molecule has 1 fully saturated rings. The van der Waals surface area contributed by atoms with Gasteiger partial charge in [0.1, 0.15) is 6.10 Å². The summed E-state index contributed by atoms with van der Waals surface area (Å²) in [5.41, 5.74) is 0.537. The van der Waals surface area contributed by atoms with E-state index in [9.17, 15) is 4.79 Å². The third-order valence-electron chi connectivity index (χ3n) is 2.80. The molecule has 17 heavy (non-hydrogen) atoms. The molecule has 1 aliphatic rings. The van der Waals surface area contributed by atoms with Gasteiger partial charge in [-0.3, -0.25) is 4.79 Å². The summed E-state index contributed by atoms with van der Waals surface area (Å²) in [5.74, 6) is 3.50. The summed E-state index contributed by atoms with van der Waals surface area (Å²) in [5, 5.41) is 0. The number of para-hydroxylation sites is 1. The molecule has 0 bridgehead atoms. The summed E-state index contributed by atoms with van der Waals surface area (Å²) in [6.45, 7) is 0. The van der Waals surface area contributed by atoms with Crippen LogP contribution in [0.25, 0.3) is 0 Å². The fourth-order valence-electron chi connectivity index (χ4n) is 1.91. The van der Waals surface area contributed by atoms with Gasteiger partial charge in [-0.25, -0.2) is 0 Å². The lowest BCUT2D eigenvalue weighted by atomic mass is 10.2. The molecule has 0 atom stereocenters. The van der Waals surface area contributed by atoms with Crippen LogP contribution in [0.1, 0.15) is 23.2 Å². The Morgan fingerprint density at radius 3 is 2.76 bits per heavy atom. The van der Waals surface area contributed by atoms with Crippen molar-refractivity contribution in [2.24, 2.45) is 0 Å². The zero-order chi connectivity index (χ0) is 12.1. The standard InChI is InChI=1S/C13H16O3S/c1-15-13-10(9-14)3-2-4-12(13)16-11-5-7-17-8-6-11/h2-4,9,11H,5-8H2,1H3. The summed E-state index contributed by atoms with van der Waals surface area (Å²) < 4.78 is 11.2. The van der Waals surface area contributed by atoms with E-state index in [0.29, 0.717) is 17.1 Å². The molecule has 2 rings (SSSR count). The van der Waals surface area contributed by atoms with Crippen molar-refractivity contribution in [1.29, 1.82) is 0 Å². The minimum atomic E-state index is 0.243. The average molecular weight is 252 g/mol. The van der Waals surface area contributed by atoms with Gasteiger partial charge in [0, 0.05) is 0 Å². The number of ether oxygens (including phenoxy) is 2. The van der Waals surface area contributed by atoms with Crippen LogP contribution in [-0.4, -0.2) is 31.0 Å². The maximum Gasteiger partial charge on any atom is 0.171 e. The Kier molecular flexibility index (Phi) is 4.31. The smallest absolute Gasteiger partial charge is 0.171 e. The molecule has 1 saturated heterocycles. The molecule has 92 valence electrons. The van der Waals surface area contributed by atoms with Gasteiger partial charge in [-0.05, 0) is 36.5 Å². The zero-order valence-corrected chi connectivity index (χ0v) is 10.7. The lowest BCUT2D eigenvalue weighted by Gasteiger charge is -2.24. The lowest BCUT2D eigenvalue weighted by Crippen LogP contribution is -2.22. The van der Waals surface area contributed by atoms with Gasteiger partial charge < -0.3 is 9.47 Å². The first kappa shape index (κ1) is 12.3. The van der Waals surface area contributed by atoms with E-state index < -0.39 is 0 Å². The van der Waals surface area contributed by atoms with Crippen molar-refractivity contribution in [3.05, 3.63) is 23.8 Å². The second kappa shape index (κ2) is 5.96. The minimum Gasteiger partial charge on any atom is -0.492 e. The quantitative estimate of drug-likeness (QED) is 0.772. The molecule has 0 radical (unpaired) electrons. The van der Waals surface area contributed by atoms with Gasteiger partial charge in [0.15, 0.2) is 17.8 Å². The van der Waals surface area contributed by atoms with E-state index >= 15 is 0 Å². The Labute approximate surface area is 105 Å². The highest BCUT2D eigenvalue weighted by Gasteiger charge is 2.18. The van der Waals surface area contributed by atoms with Gasteiger partial charge in [-0.2, -0.15) is 11.8 Å². The Balaban J connectivity index is 2.16. The van der Waals surface area contributed by atoms with Crippen LogP contribution in [0.5, 0.6) is 11.5 Å². The highest BCUT2D eigenvalue weighted by Crippen LogP contribution is 2.32. The lowest BCUT2D eigenvalue weighted by molar-refractivity contribution is 0.111. The number of carbonyl (C=O) groups is 1. The predicted octanol–water partition coefficient (Wildman–Crippen LogP) is 2.78. The van der Waals surface area contributed by atoms with Gasteiger partial charge in [0.25, 0.3) is 0 Å². The molecule has 3 nitrogen and oxygen atoms in total. The molecule has 0 aliphatic carbocycles. The van der Waals surface area contributed by atoms with Crippen LogP contribution in [0.15, 0.2) is 18.2 Å². The molecule has 1 aromatic rings. The number of aldehydes is 1. The molecule has 0 aromatic heterocycles. The molecule has 0 N–H and O–H groups in total. The average Bonchev–Trinajstić information content (AvgIpc) is 2.39. The number of thioether (sulfide) groups is 1. The van der Waals surface area contributed by atoms with E-state index in [1.165, 1.54) is 0 Å². The molecule has 0 spiro atoms. The largest absolute Gasteiger partial charge is 0.492 e. The fourth-order valence-corrected chi connectivity index (χ4v) is 2.97. The van der Waals surface area contributed by atoms with Crippen molar-refractivity contribution in [3.63, 3.8) is 0 Å². The first-order valence-electron chi connectivity index (χ1n) is 5.71. The number of hydrogen-bond donors (Lipinski definition) is 0. The number of rotatable bonds is 4. The number of carbonyl (C=O) groups excluding carboxylic acids is 1.